The van der Waals surface area contributed by atoms with Crippen LogP contribution in [0.3, 0.4) is 0 Å². The van der Waals surface area contributed by atoms with Crippen LogP contribution in [0.1, 0.15) is 76.7 Å². The molecule has 3 N–H and O–H groups in total. The fraction of sp³-hybridized carbons (Fsp3) is 0.571. The van der Waals surface area contributed by atoms with E-state index in [4.69, 9.17) is 0 Å². The predicted octanol–water partition coefficient (Wildman–Crippen LogP) is 3.88. The largest absolute Gasteiger partial charge is 0.508 e. The number of nitrogens with one attached hydrogen (secondary N) is 2. The number of phenols is 1. The number of benzene rings is 1. The van der Waals surface area contributed by atoms with Crippen LogP contribution in [0.5, 0.6) is 5.75 Å². The SMILES string of the molecule is CCCCCCCCCCCC(=O)NCC(=O)N/N=C/c1ccc(O)cc1. The van der Waals surface area contributed by atoms with Gasteiger partial charge in [0.05, 0.1) is 12.8 Å². The minimum absolute atomic E-state index is 0.0802. The minimum Gasteiger partial charge on any atom is -0.508 e. The smallest absolute Gasteiger partial charge is 0.259 e. The van der Waals surface area contributed by atoms with Gasteiger partial charge in [-0.1, -0.05) is 58.3 Å². The zero-order valence-corrected chi connectivity index (χ0v) is 16.4. The van der Waals surface area contributed by atoms with Crippen LogP contribution in [0.25, 0.3) is 0 Å². The molecule has 0 aliphatic carbocycles. The van der Waals surface area contributed by atoms with Crippen LogP contribution >= 0.6 is 0 Å². The van der Waals surface area contributed by atoms with Crippen LogP contribution in [0.4, 0.5) is 0 Å². The lowest BCUT2D eigenvalue weighted by atomic mass is 10.1. The molecule has 0 aliphatic heterocycles. The van der Waals surface area contributed by atoms with E-state index in [9.17, 15) is 14.7 Å². The maximum Gasteiger partial charge on any atom is 0.259 e. The van der Waals surface area contributed by atoms with Crippen molar-refractivity contribution in [3.63, 3.8) is 0 Å². The molecule has 27 heavy (non-hydrogen) atoms. The summed E-state index contributed by atoms with van der Waals surface area (Å²) in [6.45, 7) is 2.14. The van der Waals surface area contributed by atoms with Crippen molar-refractivity contribution in [2.45, 2.75) is 71.1 Å². The number of unbranched alkanes of at least 4 members (excludes halogenated alkanes) is 8. The first-order valence-corrected chi connectivity index (χ1v) is 9.99. The summed E-state index contributed by atoms with van der Waals surface area (Å²) in [5.74, 6) is -0.299. The van der Waals surface area contributed by atoms with E-state index in [2.05, 4.69) is 22.8 Å². The van der Waals surface area contributed by atoms with E-state index in [-0.39, 0.29) is 24.1 Å². The van der Waals surface area contributed by atoms with Crippen molar-refractivity contribution in [3.8, 4) is 5.75 Å². The lowest BCUT2D eigenvalue weighted by Gasteiger charge is -2.04. The standard InChI is InChI=1S/C21H33N3O3/c1-2-3-4-5-6-7-8-9-10-11-20(26)22-17-21(27)24-23-16-18-12-14-19(25)15-13-18/h12-16,25H,2-11,17H2,1H3,(H,22,26)(H,24,27)/b23-16+. The summed E-state index contributed by atoms with van der Waals surface area (Å²) in [6.07, 6.45) is 12.8. The van der Waals surface area contributed by atoms with Gasteiger partial charge in [-0.2, -0.15) is 5.10 Å². The molecule has 150 valence electrons. The van der Waals surface area contributed by atoms with Gasteiger partial charge >= 0.3 is 0 Å². The van der Waals surface area contributed by atoms with E-state index in [1.54, 1.807) is 12.1 Å². The molecule has 1 aromatic carbocycles. The Bertz CT molecular complexity index is 571. The second-order valence-corrected chi connectivity index (χ2v) is 6.74. The second kappa shape index (κ2) is 14.8. The molecule has 0 saturated carbocycles. The van der Waals surface area contributed by atoms with Gasteiger partial charge in [0, 0.05) is 6.42 Å². The number of aromatic hydroxyl groups is 1. The summed E-state index contributed by atoms with van der Waals surface area (Å²) in [6, 6.07) is 6.43. The van der Waals surface area contributed by atoms with Gasteiger partial charge in [-0.05, 0) is 36.2 Å². The van der Waals surface area contributed by atoms with Crippen molar-refractivity contribution in [1.29, 1.82) is 0 Å². The Morgan fingerprint density at radius 3 is 2.15 bits per heavy atom. The average molecular weight is 376 g/mol. The van der Waals surface area contributed by atoms with E-state index < -0.39 is 0 Å². The molecule has 1 rings (SSSR count). The summed E-state index contributed by atoms with van der Waals surface area (Å²) < 4.78 is 0. The van der Waals surface area contributed by atoms with Crippen molar-refractivity contribution in [1.82, 2.24) is 10.7 Å². The number of nitrogens with zero attached hydrogens (tertiary/aromatic N) is 1. The molecule has 0 unspecified atom stereocenters. The van der Waals surface area contributed by atoms with Crippen LogP contribution in [-0.4, -0.2) is 29.7 Å². The molecular formula is C21H33N3O3. The zero-order valence-electron chi connectivity index (χ0n) is 16.4. The van der Waals surface area contributed by atoms with Crippen LogP contribution in [0, 0.1) is 0 Å². The van der Waals surface area contributed by atoms with E-state index in [0.29, 0.717) is 6.42 Å². The van der Waals surface area contributed by atoms with Gasteiger partial charge in [-0.25, -0.2) is 5.43 Å². The molecular weight excluding hydrogens is 342 g/mol. The first-order valence-electron chi connectivity index (χ1n) is 9.99. The molecule has 6 heteroatoms. The molecule has 1 aromatic rings. The van der Waals surface area contributed by atoms with Crippen LogP contribution in [0.15, 0.2) is 29.4 Å². The maximum absolute atomic E-state index is 11.7. The Morgan fingerprint density at radius 1 is 0.926 bits per heavy atom. The molecule has 0 atom stereocenters. The first-order chi connectivity index (χ1) is 13.1. The molecule has 6 nitrogen and oxygen atoms in total. The zero-order chi connectivity index (χ0) is 19.7. The van der Waals surface area contributed by atoms with Crippen LogP contribution in [0.2, 0.25) is 0 Å². The summed E-state index contributed by atoms with van der Waals surface area (Å²) >= 11 is 0. The molecule has 0 radical (unpaired) electrons. The summed E-state index contributed by atoms with van der Waals surface area (Å²) in [7, 11) is 0. The van der Waals surface area contributed by atoms with Crippen molar-refractivity contribution in [2.24, 2.45) is 5.10 Å². The highest BCUT2D eigenvalue weighted by Crippen LogP contribution is 2.10. The minimum atomic E-state index is -0.370. The van der Waals surface area contributed by atoms with Gasteiger partial charge in [-0.3, -0.25) is 9.59 Å². The number of hydrazone groups is 1. The monoisotopic (exact) mass is 375 g/mol. The normalized spacial score (nSPS) is 10.9. The number of carbonyl (C=O) groups excluding carboxylic acids is 2. The third-order valence-electron chi connectivity index (χ3n) is 4.25. The molecule has 0 saturated heterocycles. The van der Waals surface area contributed by atoms with Crippen molar-refractivity contribution in [2.75, 3.05) is 6.54 Å². The molecule has 0 spiro atoms. The maximum atomic E-state index is 11.7. The van der Waals surface area contributed by atoms with E-state index in [1.165, 1.54) is 63.3 Å². The highest BCUT2D eigenvalue weighted by atomic mass is 16.3. The van der Waals surface area contributed by atoms with E-state index in [1.807, 2.05) is 0 Å². The first kappa shape index (κ1) is 22.7. The number of phenolic OH excluding ortho intramolecular Hbond substituents is 1. The second-order valence-electron chi connectivity index (χ2n) is 6.74. The predicted molar refractivity (Wildman–Crippen MR) is 109 cm³/mol. The van der Waals surface area contributed by atoms with Crippen molar-refractivity contribution < 1.29 is 14.7 Å². The van der Waals surface area contributed by atoms with Crippen molar-refractivity contribution in [3.05, 3.63) is 29.8 Å². The summed E-state index contributed by atoms with van der Waals surface area (Å²) in [4.78, 5) is 23.4. The molecule has 0 bridgehead atoms. The lowest BCUT2D eigenvalue weighted by Crippen LogP contribution is -2.34. The molecule has 0 aliphatic rings. The molecule has 2 amide bonds. The van der Waals surface area contributed by atoms with Crippen LogP contribution in [-0.2, 0) is 9.59 Å². The Hall–Kier alpha value is -2.37. The van der Waals surface area contributed by atoms with Gasteiger partial charge < -0.3 is 10.4 Å². The Labute approximate surface area is 162 Å². The van der Waals surface area contributed by atoms with Gasteiger partial charge in [0.1, 0.15) is 5.75 Å². The van der Waals surface area contributed by atoms with Gasteiger partial charge in [0.2, 0.25) is 5.91 Å². The molecule has 0 fully saturated rings. The third-order valence-corrected chi connectivity index (χ3v) is 4.25. The molecule has 0 heterocycles. The van der Waals surface area contributed by atoms with Gasteiger partial charge in [-0.15, -0.1) is 0 Å². The van der Waals surface area contributed by atoms with Crippen LogP contribution < -0.4 is 10.7 Å². The number of amides is 2. The average Bonchev–Trinajstić information content (AvgIpc) is 2.66. The van der Waals surface area contributed by atoms with Gasteiger partial charge in [0.25, 0.3) is 5.91 Å². The quantitative estimate of drug-likeness (QED) is 0.262. The highest BCUT2D eigenvalue weighted by Gasteiger charge is 2.04. The van der Waals surface area contributed by atoms with Gasteiger partial charge in [0.15, 0.2) is 0 Å². The number of hydrogen-bond acceptors (Lipinski definition) is 4. The lowest BCUT2D eigenvalue weighted by molar-refractivity contribution is -0.126. The fourth-order valence-electron chi connectivity index (χ4n) is 2.64. The number of rotatable bonds is 14. The van der Waals surface area contributed by atoms with E-state index >= 15 is 0 Å². The van der Waals surface area contributed by atoms with Crippen molar-refractivity contribution >= 4 is 18.0 Å². The van der Waals surface area contributed by atoms with E-state index in [0.717, 1.165) is 18.4 Å². The Morgan fingerprint density at radius 2 is 1.52 bits per heavy atom. The number of hydrogen-bond donors (Lipinski definition) is 3. The summed E-state index contributed by atoms with van der Waals surface area (Å²) in [5.41, 5.74) is 3.11. The Kier molecular flexibility index (Phi) is 12.4. The number of carbonyl (C=O) groups is 2. The summed E-state index contributed by atoms with van der Waals surface area (Å²) in [5, 5.41) is 15.6. The molecule has 0 aromatic heterocycles. The highest BCUT2D eigenvalue weighted by molar-refractivity contribution is 5.86. The third kappa shape index (κ3) is 12.6. The Balaban J connectivity index is 2.00. The fourth-order valence-corrected chi connectivity index (χ4v) is 2.64. The topological polar surface area (TPSA) is 90.8 Å².